The van der Waals surface area contributed by atoms with E-state index in [-0.39, 0.29) is 11.6 Å². The minimum atomic E-state index is -0.0864. The largest absolute Gasteiger partial charge is 0.383 e. The molecule has 1 saturated carbocycles. The van der Waals surface area contributed by atoms with Gasteiger partial charge in [-0.25, -0.2) is 4.98 Å². The van der Waals surface area contributed by atoms with E-state index in [0.29, 0.717) is 18.3 Å². The summed E-state index contributed by atoms with van der Waals surface area (Å²) in [5.41, 5.74) is -0.0864. The molecule has 0 saturated heterocycles. The Kier molecular flexibility index (Phi) is 3.78. The van der Waals surface area contributed by atoms with E-state index in [0.717, 1.165) is 25.1 Å². The monoisotopic (exact) mass is 237 g/mol. The lowest BCUT2D eigenvalue weighted by Crippen LogP contribution is -2.26. The number of aromatic nitrogens is 2. The molecule has 1 unspecified atom stereocenters. The van der Waals surface area contributed by atoms with Crippen molar-refractivity contribution in [2.24, 2.45) is 0 Å². The highest BCUT2D eigenvalue weighted by Crippen LogP contribution is 2.37. The molecule has 5 heteroatoms. The van der Waals surface area contributed by atoms with Crippen LogP contribution in [0.1, 0.15) is 37.9 Å². The van der Waals surface area contributed by atoms with E-state index in [9.17, 15) is 4.79 Å². The predicted octanol–water partition coefficient (Wildman–Crippen LogP) is 1.48. The first-order valence-corrected chi connectivity index (χ1v) is 6.09. The number of rotatable bonds is 6. The van der Waals surface area contributed by atoms with Crippen molar-refractivity contribution in [1.82, 2.24) is 9.97 Å². The summed E-state index contributed by atoms with van der Waals surface area (Å²) in [5, 5.41) is 3.24. The number of hydrogen-bond donors (Lipinski definition) is 2. The molecule has 0 amide bonds. The van der Waals surface area contributed by atoms with Gasteiger partial charge in [0.15, 0.2) is 0 Å². The lowest BCUT2D eigenvalue weighted by atomic mass is 10.2. The minimum absolute atomic E-state index is 0.0864. The van der Waals surface area contributed by atoms with E-state index in [1.54, 1.807) is 7.11 Å². The summed E-state index contributed by atoms with van der Waals surface area (Å²) in [6, 6.07) is 1.70. The lowest BCUT2D eigenvalue weighted by Gasteiger charge is -2.16. The fourth-order valence-corrected chi connectivity index (χ4v) is 1.77. The van der Waals surface area contributed by atoms with Crippen LogP contribution in [0.3, 0.4) is 0 Å². The van der Waals surface area contributed by atoms with Crippen molar-refractivity contribution in [1.29, 1.82) is 0 Å². The first-order valence-electron chi connectivity index (χ1n) is 6.09. The summed E-state index contributed by atoms with van der Waals surface area (Å²) in [6.45, 7) is 2.69. The molecule has 1 aromatic rings. The summed E-state index contributed by atoms with van der Waals surface area (Å²) in [4.78, 5) is 18.7. The van der Waals surface area contributed by atoms with Gasteiger partial charge >= 0.3 is 0 Å². The Balaban J connectivity index is 2.11. The molecule has 2 N–H and O–H groups in total. The molecule has 1 atom stereocenters. The molecular weight excluding hydrogens is 218 g/mol. The topological polar surface area (TPSA) is 67.0 Å². The Morgan fingerprint density at radius 3 is 3.00 bits per heavy atom. The molecule has 2 rings (SSSR count). The van der Waals surface area contributed by atoms with Crippen LogP contribution in [-0.2, 0) is 4.74 Å². The quantitative estimate of drug-likeness (QED) is 0.786. The number of nitrogens with zero attached hydrogens (tertiary/aromatic N) is 1. The smallest absolute Gasteiger partial charge is 0.252 e. The Morgan fingerprint density at radius 2 is 2.41 bits per heavy atom. The normalized spacial score (nSPS) is 16.8. The molecule has 1 fully saturated rings. The second kappa shape index (κ2) is 5.31. The summed E-state index contributed by atoms with van der Waals surface area (Å²) >= 11 is 0. The molecule has 0 aromatic carbocycles. The SMILES string of the molecule is CCC(COC)Nc1cc(=O)[nH]c(C2CC2)n1. The van der Waals surface area contributed by atoms with Crippen LogP contribution in [0.2, 0.25) is 0 Å². The fourth-order valence-electron chi connectivity index (χ4n) is 1.77. The van der Waals surface area contributed by atoms with E-state index in [1.165, 1.54) is 6.07 Å². The van der Waals surface area contributed by atoms with Crippen LogP contribution in [0.15, 0.2) is 10.9 Å². The van der Waals surface area contributed by atoms with Crippen LogP contribution in [0.25, 0.3) is 0 Å². The standard InChI is InChI=1S/C12H19N3O2/c1-3-9(7-17-2)13-10-6-11(16)15-12(14-10)8-4-5-8/h6,8-9H,3-5,7H2,1-2H3,(H2,13,14,15,16). The third kappa shape index (κ3) is 3.30. The highest BCUT2D eigenvalue weighted by atomic mass is 16.5. The summed E-state index contributed by atoms with van der Waals surface area (Å²) < 4.78 is 5.11. The lowest BCUT2D eigenvalue weighted by molar-refractivity contribution is 0.184. The third-order valence-electron chi connectivity index (χ3n) is 2.94. The zero-order chi connectivity index (χ0) is 12.3. The van der Waals surface area contributed by atoms with E-state index in [1.807, 2.05) is 0 Å². The van der Waals surface area contributed by atoms with Gasteiger partial charge in [0, 0.05) is 19.1 Å². The van der Waals surface area contributed by atoms with Crippen molar-refractivity contribution in [2.75, 3.05) is 19.0 Å². The number of hydrogen-bond acceptors (Lipinski definition) is 4. The number of nitrogens with one attached hydrogen (secondary N) is 2. The van der Waals surface area contributed by atoms with Gasteiger partial charge in [-0.2, -0.15) is 0 Å². The average Bonchev–Trinajstić information content (AvgIpc) is 3.11. The number of aromatic amines is 1. The average molecular weight is 237 g/mol. The van der Waals surface area contributed by atoms with Crippen LogP contribution >= 0.6 is 0 Å². The zero-order valence-corrected chi connectivity index (χ0v) is 10.3. The van der Waals surface area contributed by atoms with Gasteiger partial charge in [-0.15, -0.1) is 0 Å². The molecule has 0 radical (unpaired) electrons. The molecule has 17 heavy (non-hydrogen) atoms. The van der Waals surface area contributed by atoms with Crippen LogP contribution in [-0.4, -0.2) is 29.7 Å². The molecule has 1 heterocycles. The molecule has 0 bridgehead atoms. The number of ether oxygens (including phenoxy) is 1. The van der Waals surface area contributed by atoms with E-state index < -0.39 is 0 Å². The summed E-state index contributed by atoms with van der Waals surface area (Å²) in [5.74, 6) is 1.92. The van der Waals surface area contributed by atoms with Crippen LogP contribution < -0.4 is 10.9 Å². The molecule has 1 aromatic heterocycles. The number of H-pyrrole nitrogens is 1. The van der Waals surface area contributed by atoms with Gasteiger partial charge < -0.3 is 15.0 Å². The second-order valence-corrected chi connectivity index (χ2v) is 4.49. The van der Waals surface area contributed by atoms with E-state index in [2.05, 4.69) is 22.2 Å². The molecule has 1 aliphatic carbocycles. The first-order chi connectivity index (χ1) is 8.22. The Hall–Kier alpha value is -1.36. The van der Waals surface area contributed by atoms with Crippen molar-refractivity contribution >= 4 is 5.82 Å². The number of anilines is 1. The van der Waals surface area contributed by atoms with Crippen molar-refractivity contribution in [2.45, 2.75) is 38.1 Å². The van der Waals surface area contributed by atoms with Gasteiger partial charge in [0.05, 0.1) is 12.6 Å². The van der Waals surface area contributed by atoms with Crippen molar-refractivity contribution in [3.8, 4) is 0 Å². The van der Waals surface area contributed by atoms with Crippen LogP contribution in [0.5, 0.6) is 0 Å². The highest BCUT2D eigenvalue weighted by molar-refractivity contribution is 5.35. The maximum Gasteiger partial charge on any atom is 0.252 e. The highest BCUT2D eigenvalue weighted by Gasteiger charge is 2.26. The molecule has 94 valence electrons. The second-order valence-electron chi connectivity index (χ2n) is 4.49. The fraction of sp³-hybridized carbons (Fsp3) is 0.667. The number of methoxy groups -OCH3 is 1. The minimum Gasteiger partial charge on any atom is -0.383 e. The maximum absolute atomic E-state index is 11.5. The Bertz CT molecular complexity index is 426. The van der Waals surface area contributed by atoms with Crippen molar-refractivity contribution in [3.05, 3.63) is 22.2 Å². The van der Waals surface area contributed by atoms with E-state index >= 15 is 0 Å². The van der Waals surface area contributed by atoms with Gasteiger partial charge in [-0.1, -0.05) is 6.92 Å². The summed E-state index contributed by atoms with van der Waals surface area (Å²) in [6.07, 6.45) is 3.18. The van der Waals surface area contributed by atoms with Gasteiger partial charge in [0.1, 0.15) is 11.6 Å². The maximum atomic E-state index is 11.5. The third-order valence-corrected chi connectivity index (χ3v) is 2.94. The van der Waals surface area contributed by atoms with Gasteiger partial charge in [-0.3, -0.25) is 4.79 Å². The Labute approximate surface area is 101 Å². The molecule has 1 aliphatic rings. The van der Waals surface area contributed by atoms with Crippen LogP contribution in [0.4, 0.5) is 5.82 Å². The van der Waals surface area contributed by atoms with Crippen molar-refractivity contribution < 1.29 is 4.74 Å². The van der Waals surface area contributed by atoms with E-state index in [4.69, 9.17) is 4.74 Å². The molecule has 0 spiro atoms. The predicted molar refractivity (Wildman–Crippen MR) is 66.4 cm³/mol. The molecule has 5 nitrogen and oxygen atoms in total. The van der Waals surface area contributed by atoms with Crippen LogP contribution in [0, 0.1) is 0 Å². The van der Waals surface area contributed by atoms with Gasteiger partial charge in [0.25, 0.3) is 5.56 Å². The first kappa shape index (κ1) is 12.1. The van der Waals surface area contributed by atoms with Gasteiger partial charge in [0.2, 0.25) is 0 Å². The molecule has 0 aliphatic heterocycles. The Morgan fingerprint density at radius 1 is 1.65 bits per heavy atom. The molecular formula is C12H19N3O2. The van der Waals surface area contributed by atoms with Gasteiger partial charge in [-0.05, 0) is 19.3 Å². The zero-order valence-electron chi connectivity index (χ0n) is 10.3. The summed E-state index contributed by atoms with van der Waals surface area (Å²) in [7, 11) is 1.67. The van der Waals surface area contributed by atoms with Crippen molar-refractivity contribution in [3.63, 3.8) is 0 Å².